The summed E-state index contributed by atoms with van der Waals surface area (Å²) in [4.78, 5) is 2.44. The number of hydrogen-bond donors (Lipinski definition) is 0. The van der Waals surface area contributed by atoms with Gasteiger partial charge in [0.2, 0.25) is 0 Å². The second-order valence-corrected chi connectivity index (χ2v) is 16.1. The number of hydrogen-bond acceptors (Lipinski definition) is 1. The lowest BCUT2D eigenvalue weighted by Gasteiger charge is -2.30. The van der Waals surface area contributed by atoms with Crippen molar-refractivity contribution in [2.24, 2.45) is 0 Å². The van der Waals surface area contributed by atoms with Crippen LogP contribution < -0.4 is 4.90 Å². The van der Waals surface area contributed by atoms with Gasteiger partial charge in [0.1, 0.15) is 0 Å². The van der Waals surface area contributed by atoms with Crippen molar-refractivity contribution < 1.29 is 0 Å². The number of rotatable bonds is 8. The Hall–Kier alpha value is -6.96. The SMILES string of the molecule is CC1(C)c2cc(C3=CCC(c4ccccc4)C=C3)ccc2-c2ccc(N(c3ccc(-c4ccc(-c5ccccc5)cc4)cc3)c3ccccc3-c3ccccc3)cc21. The Kier molecular flexibility index (Phi) is 9.07. The zero-order chi connectivity index (χ0) is 39.1. The fourth-order valence-corrected chi connectivity index (χ4v) is 9.07. The molecule has 1 unspecified atom stereocenters. The number of anilines is 3. The highest BCUT2D eigenvalue weighted by molar-refractivity contribution is 5.91. The molecule has 10 rings (SSSR count). The van der Waals surface area contributed by atoms with Crippen molar-refractivity contribution in [3.05, 3.63) is 241 Å². The molecule has 0 saturated heterocycles. The number of nitrogens with zero attached hydrogens (tertiary/aromatic N) is 1. The van der Waals surface area contributed by atoms with E-state index in [9.17, 15) is 0 Å². The average molecular weight is 744 g/mol. The largest absolute Gasteiger partial charge is 0.310 e. The summed E-state index contributed by atoms with van der Waals surface area (Å²) in [6.07, 6.45) is 8.13. The van der Waals surface area contributed by atoms with Crippen LogP contribution in [0.4, 0.5) is 17.1 Å². The molecular formula is C57H45N. The van der Waals surface area contributed by atoms with Crippen molar-refractivity contribution >= 4 is 22.6 Å². The summed E-state index contributed by atoms with van der Waals surface area (Å²) in [7, 11) is 0. The Labute approximate surface area is 342 Å². The molecule has 0 saturated carbocycles. The third-order valence-electron chi connectivity index (χ3n) is 12.3. The molecule has 8 aromatic rings. The van der Waals surface area contributed by atoms with E-state index in [1.54, 1.807) is 0 Å². The molecule has 278 valence electrons. The van der Waals surface area contributed by atoms with Crippen LogP contribution in [0.3, 0.4) is 0 Å². The highest BCUT2D eigenvalue weighted by atomic mass is 15.1. The first-order valence-electron chi connectivity index (χ1n) is 20.4. The summed E-state index contributed by atoms with van der Waals surface area (Å²) < 4.78 is 0. The second kappa shape index (κ2) is 14.8. The predicted molar refractivity (Wildman–Crippen MR) is 246 cm³/mol. The topological polar surface area (TPSA) is 3.24 Å². The normalized spacial score (nSPS) is 15.0. The highest BCUT2D eigenvalue weighted by Gasteiger charge is 2.36. The smallest absolute Gasteiger partial charge is 0.0540 e. The first-order valence-corrected chi connectivity index (χ1v) is 20.4. The van der Waals surface area contributed by atoms with Gasteiger partial charge in [0.25, 0.3) is 0 Å². The van der Waals surface area contributed by atoms with Crippen molar-refractivity contribution in [3.63, 3.8) is 0 Å². The zero-order valence-corrected chi connectivity index (χ0v) is 33.0. The monoisotopic (exact) mass is 743 g/mol. The van der Waals surface area contributed by atoms with Gasteiger partial charge in [-0.15, -0.1) is 0 Å². The van der Waals surface area contributed by atoms with Crippen molar-refractivity contribution in [2.75, 3.05) is 4.90 Å². The molecule has 58 heavy (non-hydrogen) atoms. The lowest BCUT2D eigenvalue weighted by Crippen LogP contribution is -2.17. The van der Waals surface area contributed by atoms with E-state index < -0.39 is 0 Å². The van der Waals surface area contributed by atoms with E-state index >= 15 is 0 Å². The molecule has 0 radical (unpaired) electrons. The van der Waals surface area contributed by atoms with Crippen molar-refractivity contribution in [1.29, 1.82) is 0 Å². The Bertz CT molecular complexity index is 2790. The second-order valence-electron chi connectivity index (χ2n) is 16.1. The number of allylic oxidation sites excluding steroid dienone is 4. The summed E-state index contributed by atoms with van der Waals surface area (Å²) in [6, 6.07) is 73.1. The number of benzene rings is 8. The lowest BCUT2D eigenvalue weighted by molar-refractivity contribution is 0.660. The van der Waals surface area contributed by atoms with E-state index in [-0.39, 0.29) is 5.41 Å². The molecule has 2 aliphatic carbocycles. The highest BCUT2D eigenvalue weighted by Crippen LogP contribution is 2.52. The summed E-state index contributed by atoms with van der Waals surface area (Å²) in [6.45, 7) is 4.78. The standard InChI is InChI=1S/C57H45N/c1-57(2)54-38-48(46-28-26-43(27-29-46)41-16-8-4-9-17-41)32-36-52(54)53-37-35-50(39-55(53)57)58(56-21-13-12-20-51(56)47-18-10-5-11-19-47)49-33-30-45(31-34-49)44-24-22-42(23-25-44)40-14-6-3-7-15-40/h3-26,28-39,43H,27H2,1-2H3. The van der Waals surface area contributed by atoms with Gasteiger partial charge < -0.3 is 4.90 Å². The molecule has 1 heteroatoms. The van der Waals surface area contributed by atoms with Gasteiger partial charge in [-0.3, -0.25) is 0 Å². The van der Waals surface area contributed by atoms with E-state index in [1.807, 2.05) is 0 Å². The van der Waals surface area contributed by atoms with E-state index in [1.165, 1.54) is 72.3 Å². The fourth-order valence-electron chi connectivity index (χ4n) is 9.07. The maximum Gasteiger partial charge on any atom is 0.0540 e. The van der Waals surface area contributed by atoms with Crippen molar-refractivity contribution in [1.82, 2.24) is 0 Å². The molecule has 0 spiro atoms. The Morgan fingerprint density at radius 1 is 0.431 bits per heavy atom. The van der Waals surface area contributed by atoms with E-state index in [0.29, 0.717) is 5.92 Å². The molecule has 1 atom stereocenters. The van der Waals surface area contributed by atoms with Gasteiger partial charge in [0, 0.05) is 28.3 Å². The molecule has 0 aliphatic heterocycles. The summed E-state index contributed by atoms with van der Waals surface area (Å²) in [5.41, 5.74) is 19.8. The van der Waals surface area contributed by atoms with Gasteiger partial charge >= 0.3 is 0 Å². The first kappa shape index (κ1) is 35.5. The quantitative estimate of drug-likeness (QED) is 0.150. The van der Waals surface area contributed by atoms with Gasteiger partial charge in [-0.25, -0.2) is 0 Å². The summed E-state index contributed by atoms with van der Waals surface area (Å²) in [5.74, 6) is 0.427. The molecule has 2 aliphatic rings. The Morgan fingerprint density at radius 2 is 0.931 bits per heavy atom. The van der Waals surface area contributed by atoms with Crippen LogP contribution in [0.25, 0.3) is 50.1 Å². The van der Waals surface area contributed by atoms with Gasteiger partial charge in [-0.05, 0) is 110 Å². The van der Waals surface area contributed by atoms with Gasteiger partial charge in [-0.2, -0.15) is 0 Å². The minimum absolute atomic E-state index is 0.178. The minimum Gasteiger partial charge on any atom is -0.310 e. The third-order valence-corrected chi connectivity index (χ3v) is 12.3. The van der Waals surface area contributed by atoms with Crippen molar-refractivity contribution in [3.8, 4) is 44.5 Å². The molecule has 1 nitrogen and oxygen atoms in total. The maximum absolute atomic E-state index is 2.45. The Balaban J connectivity index is 1.01. The molecule has 0 N–H and O–H groups in total. The van der Waals surface area contributed by atoms with Crippen LogP contribution >= 0.6 is 0 Å². The Morgan fingerprint density at radius 3 is 1.57 bits per heavy atom. The van der Waals surface area contributed by atoms with Crippen LogP contribution in [-0.2, 0) is 5.41 Å². The molecule has 8 aromatic carbocycles. The molecule has 0 aromatic heterocycles. The molecule has 0 bridgehead atoms. The van der Waals surface area contributed by atoms with Crippen LogP contribution in [0.1, 0.15) is 48.4 Å². The van der Waals surface area contributed by atoms with Crippen LogP contribution in [0.2, 0.25) is 0 Å². The molecular weight excluding hydrogens is 699 g/mol. The lowest BCUT2D eigenvalue weighted by atomic mass is 9.81. The number of para-hydroxylation sites is 1. The third kappa shape index (κ3) is 6.49. The summed E-state index contributed by atoms with van der Waals surface area (Å²) in [5, 5.41) is 0. The average Bonchev–Trinajstić information content (AvgIpc) is 3.52. The molecule has 0 heterocycles. The minimum atomic E-state index is -0.178. The first-order chi connectivity index (χ1) is 28.5. The number of fused-ring (bicyclic) bond motifs is 3. The van der Waals surface area contributed by atoms with Gasteiger partial charge in [-0.1, -0.05) is 196 Å². The van der Waals surface area contributed by atoms with Crippen LogP contribution in [0.5, 0.6) is 0 Å². The maximum atomic E-state index is 2.45. The summed E-state index contributed by atoms with van der Waals surface area (Å²) >= 11 is 0. The van der Waals surface area contributed by atoms with Crippen LogP contribution in [-0.4, -0.2) is 0 Å². The van der Waals surface area contributed by atoms with E-state index in [4.69, 9.17) is 0 Å². The van der Waals surface area contributed by atoms with Gasteiger partial charge in [0.15, 0.2) is 0 Å². The van der Waals surface area contributed by atoms with Crippen molar-refractivity contribution in [2.45, 2.75) is 31.6 Å². The van der Waals surface area contributed by atoms with Crippen LogP contribution in [0, 0.1) is 0 Å². The van der Waals surface area contributed by atoms with E-state index in [2.05, 4.69) is 237 Å². The van der Waals surface area contributed by atoms with Crippen LogP contribution in [0.15, 0.2) is 218 Å². The predicted octanol–water partition coefficient (Wildman–Crippen LogP) is 15.6. The fraction of sp³-hybridized carbons (Fsp3) is 0.0877. The van der Waals surface area contributed by atoms with E-state index in [0.717, 1.165) is 23.5 Å². The molecule has 0 fully saturated rings. The molecule has 0 amide bonds. The van der Waals surface area contributed by atoms with Gasteiger partial charge in [0.05, 0.1) is 5.69 Å². The zero-order valence-electron chi connectivity index (χ0n) is 33.0.